The van der Waals surface area contributed by atoms with Gasteiger partial charge in [0.25, 0.3) is 0 Å². The predicted octanol–water partition coefficient (Wildman–Crippen LogP) is 1.48. The Labute approximate surface area is 165 Å². The summed E-state index contributed by atoms with van der Waals surface area (Å²) < 4.78 is 5.21. The molecule has 2 amide bonds. The average Bonchev–Trinajstić information content (AvgIpc) is 2.74. The van der Waals surface area contributed by atoms with Crippen LogP contribution in [0.1, 0.15) is 11.1 Å². The number of benzene rings is 2. The van der Waals surface area contributed by atoms with Crippen LogP contribution in [0.4, 0.5) is 0 Å². The van der Waals surface area contributed by atoms with Crippen molar-refractivity contribution in [2.45, 2.75) is 18.9 Å². The van der Waals surface area contributed by atoms with Crippen molar-refractivity contribution in [2.24, 2.45) is 5.73 Å². The quantitative estimate of drug-likeness (QED) is 0.822. The van der Waals surface area contributed by atoms with E-state index in [4.69, 9.17) is 10.5 Å². The number of hydrogen-bond acceptors (Lipinski definition) is 4. The van der Waals surface area contributed by atoms with Gasteiger partial charge in [-0.05, 0) is 29.7 Å². The molecule has 28 heavy (non-hydrogen) atoms. The van der Waals surface area contributed by atoms with E-state index < -0.39 is 6.04 Å². The first-order valence-corrected chi connectivity index (χ1v) is 9.56. The van der Waals surface area contributed by atoms with Gasteiger partial charge in [0, 0.05) is 26.2 Å². The highest BCUT2D eigenvalue weighted by molar-refractivity contribution is 5.83. The maximum absolute atomic E-state index is 12.6. The summed E-state index contributed by atoms with van der Waals surface area (Å²) in [5, 5.41) is 0. The molecule has 0 bridgehead atoms. The molecule has 0 aliphatic carbocycles. The minimum absolute atomic E-state index is 0.0521. The summed E-state index contributed by atoms with van der Waals surface area (Å²) in [4.78, 5) is 28.8. The van der Waals surface area contributed by atoms with E-state index in [1.54, 1.807) is 12.0 Å². The van der Waals surface area contributed by atoms with Crippen LogP contribution in [-0.2, 0) is 22.4 Å². The van der Waals surface area contributed by atoms with Crippen molar-refractivity contribution in [3.8, 4) is 5.75 Å². The molecule has 1 fully saturated rings. The Morgan fingerprint density at radius 3 is 2.29 bits per heavy atom. The van der Waals surface area contributed by atoms with Gasteiger partial charge in [-0.15, -0.1) is 0 Å². The largest absolute Gasteiger partial charge is 0.497 e. The minimum Gasteiger partial charge on any atom is -0.497 e. The molecule has 1 aliphatic heterocycles. The smallest absolute Gasteiger partial charge is 0.239 e. The third-order valence-electron chi connectivity index (χ3n) is 5.05. The standard InChI is InChI=1S/C22H27N3O3/c1-28-19-9-5-8-18(14-19)16-21(26)24-10-12-25(13-11-24)22(27)20(23)15-17-6-3-2-4-7-17/h2-9,14,20H,10-13,15-16,23H2,1H3/t20-/m0/s1. The number of carbonyl (C=O) groups excluding carboxylic acids is 2. The van der Waals surface area contributed by atoms with Crippen molar-refractivity contribution >= 4 is 11.8 Å². The normalized spacial score (nSPS) is 15.2. The van der Waals surface area contributed by atoms with Gasteiger partial charge in [-0.25, -0.2) is 0 Å². The lowest BCUT2D eigenvalue weighted by atomic mass is 10.1. The van der Waals surface area contributed by atoms with Gasteiger partial charge in [0.05, 0.1) is 19.6 Å². The van der Waals surface area contributed by atoms with Crippen molar-refractivity contribution in [3.05, 3.63) is 65.7 Å². The first-order chi connectivity index (χ1) is 13.6. The molecule has 2 aromatic carbocycles. The Morgan fingerprint density at radius 2 is 1.61 bits per heavy atom. The molecule has 1 heterocycles. The van der Waals surface area contributed by atoms with Crippen LogP contribution >= 0.6 is 0 Å². The SMILES string of the molecule is COc1cccc(CC(=O)N2CCN(C(=O)[C@@H](N)Cc3ccccc3)CC2)c1. The molecule has 1 saturated heterocycles. The van der Waals surface area contributed by atoms with Gasteiger partial charge in [-0.2, -0.15) is 0 Å². The van der Waals surface area contributed by atoms with E-state index in [0.717, 1.165) is 16.9 Å². The summed E-state index contributed by atoms with van der Waals surface area (Å²) in [5.41, 5.74) is 8.10. The zero-order valence-electron chi connectivity index (χ0n) is 16.2. The third-order valence-corrected chi connectivity index (χ3v) is 5.05. The number of carbonyl (C=O) groups is 2. The minimum atomic E-state index is -0.554. The summed E-state index contributed by atoms with van der Waals surface area (Å²) in [6.45, 7) is 2.11. The molecule has 1 aliphatic rings. The van der Waals surface area contributed by atoms with Gasteiger partial charge in [0.1, 0.15) is 5.75 Å². The van der Waals surface area contributed by atoms with Gasteiger partial charge in [0.2, 0.25) is 11.8 Å². The van der Waals surface area contributed by atoms with Crippen LogP contribution in [0, 0.1) is 0 Å². The number of rotatable bonds is 6. The number of amides is 2. The second-order valence-electron chi connectivity index (χ2n) is 7.03. The zero-order valence-corrected chi connectivity index (χ0v) is 16.2. The van der Waals surface area contributed by atoms with E-state index in [1.807, 2.05) is 59.5 Å². The molecule has 1 atom stereocenters. The number of ether oxygens (including phenoxy) is 1. The maximum Gasteiger partial charge on any atom is 0.239 e. The Hall–Kier alpha value is -2.86. The fourth-order valence-corrected chi connectivity index (χ4v) is 3.43. The van der Waals surface area contributed by atoms with Gasteiger partial charge >= 0.3 is 0 Å². The lowest BCUT2D eigenvalue weighted by molar-refractivity contribution is -0.140. The lowest BCUT2D eigenvalue weighted by Crippen LogP contribution is -2.54. The van der Waals surface area contributed by atoms with E-state index in [1.165, 1.54) is 0 Å². The van der Waals surface area contributed by atoms with Gasteiger partial charge in [-0.1, -0.05) is 42.5 Å². The first kappa shape index (κ1) is 19.9. The van der Waals surface area contributed by atoms with Crippen molar-refractivity contribution in [1.82, 2.24) is 9.80 Å². The van der Waals surface area contributed by atoms with E-state index in [9.17, 15) is 9.59 Å². The first-order valence-electron chi connectivity index (χ1n) is 9.56. The molecule has 0 saturated carbocycles. The van der Waals surface area contributed by atoms with Gasteiger partial charge < -0.3 is 20.3 Å². The molecule has 6 nitrogen and oxygen atoms in total. The summed E-state index contributed by atoms with van der Waals surface area (Å²) >= 11 is 0. The summed E-state index contributed by atoms with van der Waals surface area (Å²) in [5.74, 6) is 0.755. The predicted molar refractivity (Wildman–Crippen MR) is 108 cm³/mol. The van der Waals surface area contributed by atoms with E-state index in [0.29, 0.717) is 39.0 Å². The van der Waals surface area contributed by atoms with Crippen LogP contribution in [0.2, 0.25) is 0 Å². The Balaban J connectivity index is 1.49. The third kappa shape index (κ3) is 5.10. The van der Waals surface area contributed by atoms with E-state index in [2.05, 4.69) is 0 Å². The maximum atomic E-state index is 12.6. The van der Waals surface area contributed by atoms with Crippen LogP contribution in [0.15, 0.2) is 54.6 Å². The van der Waals surface area contributed by atoms with Crippen LogP contribution in [0.25, 0.3) is 0 Å². The molecule has 0 spiro atoms. The number of hydrogen-bond donors (Lipinski definition) is 1. The molecule has 2 N–H and O–H groups in total. The molecule has 6 heteroatoms. The van der Waals surface area contributed by atoms with Crippen LogP contribution < -0.4 is 10.5 Å². The van der Waals surface area contributed by atoms with Crippen LogP contribution in [-0.4, -0.2) is 60.9 Å². The van der Waals surface area contributed by atoms with Crippen molar-refractivity contribution in [1.29, 1.82) is 0 Å². The second-order valence-corrected chi connectivity index (χ2v) is 7.03. The number of methoxy groups -OCH3 is 1. The fourth-order valence-electron chi connectivity index (χ4n) is 3.43. The Kier molecular flexibility index (Phi) is 6.66. The molecule has 0 radical (unpaired) electrons. The number of nitrogens with two attached hydrogens (primary N) is 1. The summed E-state index contributed by atoms with van der Waals surface area (Å²) in [6, 6.07) is 16.8. The molecular weight excluding hydrogens is 354 g/mol. The molecule has 148 valence electrons. The van der Waals surface area contributed by atoms with Crippen molar-refractivity contribution in [2.75, 3.05) is 33.3 Å². The highest BCUT2D eigenvalue weighted by Gasteiger charge is 2.27. The highest BCUT2D eigenvalue weighted by Crippen LogP contribution is 2.15. The Bertz CT molecular complexity index is 802. The molecule has 0 unspecified atom stereocenters. The molecule has 0 aromatic heterocycles. The van der Waals surface area contributed by atoms with E-state index >= 15 is 0 Å². The van der Waals surface area contributed by atoms with Gasteiger partial charge in [-0.3, -0.25) is 9.59 Å². The molecular formula is C22H27N3O3. The molecule has 2 aromatic rings. The van der Waals surface area contributed by atoms with Crippen LogP contribution in [0.3, 0.4) is 0 Å². The van der Waals surface area contributed by atoms with E-state index in [-0.39, 0.29) is 11.8 Å². The summed E-state index contributed by atoms with van der Waals surface area (Å²) in [7, 11) is 1.61. The topological polar surface area (TPSA) is 75.9 Å². The fraction of sp³-hybridized carbons (Fsp3) is 0.364. The second kappa shape index (κ2) is 9.37. The molecule has 3 rings (SSSR count). The van der Waals surface area contributed by atoms with Crippen molar-refractivity contribution < 1.29 is 14.3 Å². The lowest BCUT2D eigenvalue weighted by Gasteiger charge is -2.36. The van der Waals surface area contributed by atoms with Crippen LogP contribution in [0.5, 0.6) is 5.75 Å². The zero-order chi connectivity index (χ0) is 19.9. The number of piperazine rings is 1. The van der Waals surface area contributed by atoms with Gasteiger partial charge in [0.15, 0.2) is 0 Å². The number of nitrogens with zero attached hydrogens (tertiary/aromatic N) is 2. The Morgan fingerprint density at radius 1 is 0.964 bits per heavy atom. The monoisotopic (exact) mass is 381 g/mol. The highest BCUT2D eigenvalue weighted by atomic mass is 16.5. The summed E-state index contributed by atoms with van der Waals surface area (Å²) in [6.07, 6.45) is 0.854. The average molecular weight is 381 g/mol. The van der Waals surface area contributed by atoms with Crippen molar-refractivity contribution in [3.63, 3.8) is 0 Å².